The molecule has 2 fully saturated rings. The number of carbonyl (C=O) groups excluding carboxylic acids is 2. The van der Waals surface area contributed by atoms with Gasteiger partial charge < -0.3 is 15.4 Å². The zero-order valence-corrected chi connectivity index (χ0v) is 17.7. The SMILES string of the molecule is CC(C)(C)C(=O)NC1CCCCC1.CC(C)(C)C(=O)NC1CCOCC1. The maximum absolute atomic E-state index is 11.6. The number of amides is 2. The van der Waals surface area contributed by atoms with Gasteiger partial charge in [0.1, 0.15) is 0 Å². The second kappa shape index (κ2) is 10.3. The predicted octanol–water partition coefficient (Wildman–Crippen LogP) is 3.81. The minimum absolute atomic E-state index is 0.138. The second-order valence-electron chi connectivity index (χ2n) is 9.67. The van der Waals surface area contributed by atoms with Crippen molar-refractivity contribution >= 4 is 11.8 Å². The molecule has 1 saturated heterocycles. The Labute approximate surface area is 160 Å². The van der Waals surface area contributed by atoms with E-state index in [0.717, 1.165) is 26.1 Å². The molecule has 152 valence electrons. The minimum atomic E-state index is -0.279. The van der Waals surface area contributed by atoms with Gasteiger partial charge >= 0.3 is 0 Å². The predicted molar refractivity (Wildman–Crippen MR) is 106 cm³/mol. The standard InChI is InChI=1S/C11H21NO.C10H19NO2/c1-11(2,3)10(13)12-9-7-5-4-6-8-9;1-10(2,3)9(12)11-8-4-6-13-7-5-8/h9H,4-8H2,1-3H3,(H,12,13);8H,4-7H2,1-3H3,(H,11,12). The lowest BCUT2D eigenvalue weighted by atomic mass is 9.91. The van der Waals surface area contributed by atoms with Gasteiger partial charge in [-0.3, -0.25) is 9.59 Å². The normalized spacial score (nSPS) is 19.9. The van der Waals surface area contributed by atoms with Crippen LogP contribution in [0.4, 0.5) is 0 Å². The molecule has 0 unspecified atom stereocenters. The van der Waals surface area contributed by atoms with E-state index in [2.05, 4.69) is 10.6 Å². The van der Waals surface area contributed by atoms with E-state index in [9.17, 15) is 9.59 Å². The van der Waals surface area contributed by atoms with Gasteiger partial charge in [-0.15, -0.1) is 0 Å². The van der Waals surface area contributed by atoms with Crippen LogP contribution in [0, 0.1) is 10.8 Å². The summed E-state index contributed by atoms with van der Waals surface area (Å²) in [5.74, 6) is 0.332. The van der Waals surface area contributed by atoms with E-state index >= 15 is 0 Å². The van der Waals surface area contributed by atoms with Gasteiger partial charge in [-0.05, 0) is 25.7 Å². The summed E-state index contributed by atoms with van der Waals surface area (Å²) < 4.78 is 5.22. The summed E-state index contributed by atoms with van der Waals surface area (Å²) in [5.41, 5.74) is -0.518. The van der Waals surface area contributed by atoms with Crippen molar-refractivity contribution < 1.29 is 14.3 Å². The summed E-state index contributed by atoms with van der Waals surface area (Å²) >= 11 is 0. The van der Waals surface area contributed by atoms with Crippen LogP contribution in [0.5, 0.6) is 0 Å². The molecular formula is C21H40N2O3. The Morgan fingerprint density at radius 2 is 1.08 bits per heavy atom. The largest absolute Gasteiger partial charge is 0.381 e. The molecular weight excluding hydrogens is 328 g/mol. The lowest BCUT2D eigenvalue weighted by Gasteiger charge is -2.27. The van der Waals surface area contributed by atoms with Crippen molar-refractivity contribution in [3.63, 3.8) is 0 Å². The molecule has 5 nitrogen and oxygen atoms in total. The number of nitrogens with one attached hydrogen (secondary N) is 2. The van der Waals surface area contributed by atoms with Gasteiger partial charge in [0.15, 0.2) is 0 Å². The number of hydrogen-bond acceptors (Lipinski definition) is 3. The molecule has 1 aliphatic carbocycles. The zero-order valence-electron chi connectivity index (χ0n) is 17.7. The van der Waals surface area contributed by atoms with E-state index in [4.69, 9.17) is 4.74 Å². The average Bonchev–Trinajstić information content (AvgIpc) is 2.55. The smallest absolute Gasteiger partial charge is 0.225 e. The highest BCUT2D eigenvalue weighted by atomic mass is 16.5. The van der Waals surface area contributed by atoms with E-state index in [1.54, 1.807) is 0 Å². The van der Waals surface area contributed by atoms with Crippen LogP contribution < -0.4 is 10.6 Å². The van der Waals surface area contributed by atoms with Crippen molar-refractivity contribution in [2.45, 2.75) is 98.6 Å². The van der Waals surface area contributed by atoms with Gasteiger partial charge in [0.05, 0.1) is 0 Å². The Morgan fingerprint density at radius 3 is 1.46 bits per heavy atom. The lowest BCUT2D eigenvalue weighted by Crippen LogP contribution is -2.44. The van der Waals surface area contributed by atoms with Crippen LogP contribution in [0.1, 0.15) is 86.5 Å². The van der Waals surface area contributed by atoms with Crippen LogP contribution in [0.2, 0.25) is 0 Å². The van der Waals surface area contributed by atoms with Crippen LogP contribution in [-0.2, 0) is 14.3 Å². The molecule has 2 amide bonds. The summed E-state index contributed by atoms with van der Waals surface area (Å²) in [6, 6.07) is 0.765. The number of rotatable bonds is 2. The van der Waals surface area contributed by atoms with Crippen LogP contribution >= 0.6 is 0 Å². The van der Waals surface area contributed by atoms with Gasteiger partial charge in [0, 0.05) is 36.1 Å². The first kappa shape index (κ1) is 22.9. The lowest BCUT2D eigenvalue weighted by molar-refractivity contribution is -0.130. The Bertz CT molecular complexity index is 395. The van der Waals surface area contributed by atoms with E-state index in [-0.39, 0.29) is 22.6 Å². The molecule has 2 rings (SSSR count). The fourth-order valence-electron chi connectivity index (χ4n) is 2.89. The van der Waals surface area contributed by atoms with Crippen molar-refractivity contribution in [2.75, 3.05) is 13.2 Å². The van der Waals surface area contributed by atoms with Gasteiger partial charge in [-0.25, -0.2) is 0 Å². The van der Waals surface area contributed by atoms with Crippen molar-refractivity contribution in [1.82, 2.24) is 10.6 Å². The second-order valence-corrected chi connectivity index (χ2v) is 9.67. The molecule has 5 heteroatoms. The molecule has 1 aliphatic heterocycles. The van der Waals surface area contributed by atoms with Crippen molar-refractivity contribution in [1.29, 1.82) is 0 Å². The maximum Gasteiger partial charge on any atom is 0.225 e. The number of carbonyl (C=O) groups is 2. The summed E-state index contributed by atoms with van der Waals surface area (Å²) in [7, 11) is 0. The van der Waals surface area contributed by atoms with Crippen LogP contribution in [0.15, 0.2) is 0 Å². The molecule has 0 radical (unpaired) electrons. The first-order valence-corrected chi connectivity index (χ1v) is 10.2. The van der Waals surface area contributed by atoms with E-state index in [1.807, 2.05) is 41.5 Å². The average molecular weight is 369 g/mol. The Balaban J connectivity index is 0.000000260. The Hall–Kier alpha value is -1.10. The molecule has 2 aliphatic rings. The third-order valence-electron chi connectivity index (χ3n) is 4.86. The third-order valence-corrected chi connectivity index (χ3v) is 4.86. The summed E-state index contributed by atoms with van der Waals surface area (Å²) in [6.07, 6.45) is 8.11. The van der Waals surface area contributed by atoms with Crippen LogP contribution in [-0.4, -0.2) is 37.1 Å². The zero-order chi connectivity index (χ0) is 19.8. The van der Waals surface area contributed by atoms with Crippen molar-refractivity contribution in [2.24, 2.45) is 10.8 Å². The van der Waals surface area contributed by atoms with Gasteiger partial charge in [-0.1, -0.05) is 60.8 Å². The summed E-state index contributed by atoms with van der Waals surface area (Å²) in [4.78, 5) is 23.2. The molecule has 0 atom stereocenters. The van der Waals surface area contributed by atoms with Gasteiger partial charge in [-0.2, -0.15) is 0 Å². The fraction of sp³-hybridized carbons (Fsp3) is 0.905. The molecule has 1 saturated carbocycles. The highest BCUT2D eigenvalue weighted by molar-refractivity contribution is 5.82. The first-order valence-electron chi connectivity index (χ1n) is 10.2. The molecule has 2 N–H and O–H groups in total. The molecule has 0 bridgehead atoms. The molecule has 0 aromatic carbocycles. The van der Waals surface area contributed by atoms with E-state index < -0.39 is 0 Å². The van der Waals surface area contributed by atoms with Crippen molar-refractivity contribution in [3.8, 4) is 0 Å². The highest BCUT2D eigenvalue weighted by Gasteiger charge is 2.25. The number of hydrogen-bond donors (Lipinski definition) is 2. The minimum Gasteiger partial charge on any atom is -0.381 e. The summed E-state index contributed by atoms with van der Waals surface area (Å²) in [5, 5.41) is 6.16. The monoisotopic (exact) mass is 368 g/mol. The van der Waals surface area contributed by atoms with E-state index in [0.29, 0.717) is 12.1 Å². The third kappa shape index (κ3) is 9.02. The van der Waals surface area contributed by atoms with Gasteiger partial charge in [0.2, 0.25) is 11.8 Å². The fourth-order valence-corrected chi connectivity index (χ4v) is 2.89. The van der Waals surface area contributed by atoms with Crippen molar-refractivity contribution in [3.05, 3.63) is 0 Å². The molecule has 1 heterocycles. The number of ether oxygens (including phenoxy) is 1. The molecule has 0 aromatic heterocycles. The maximum atomic E-state index is 11.6. The van der Waals surface area contributed by atoms with Crippen LogP contribution in [0.25, 0.3) is 0 Å². The van der Waals surface area contributed by atoms with Crippen LogP contribution in [0.3, 0.4) is 0 Å². The topological polar surface area (TPSA) is 67.4 Å². The quantitative estimate of drug-likeness (QED) is 0.779. The Kier molecular flexibility index (Phi) is 9.08. The van der Waals surface area contributed by atoms with Gasteiger partial charge in [0.25, 0.3) is 0 Å². The molecule has 26 heavy (non-hydrogen) atoms. The Morgan fingerprint density at radius 1 is 0.692 bits per heavy atom. The first-order chi connectivity index (χ1) is 12.0. The highest BCUT2D eigenvalue weighted by Crippen LogP contribution is 2.20. The molecule has 0 spiro atoms. The summed E-state index contributed by atoms with van der Waals surface area (Å²) in [6.45, 7) is 13.2. The van der Waals surface area contributed by atoms with E-state index in [1.165, 1.54) is 32.1 Å². The molecule has 0 aromatic rings.